The van der Waals surface area contributed by atoms with E-state index >= 15 is 0 Å². The maximum absolute atomic E-state index is 12.1. The predicted octanol–water partition coefficient (Wildman–Crippen LogP) is 2.88. The standard InChI is InChI=1S/C16H23NO5/c1-16(2,3)22-15(19)17-8-4-6-12(10-17)21-11-13(18)14-7-5-9-20-14/h5,7,9,12H,4,6,8,10-11H2,1-3H3/t12-/m0/s1. The molecule has 0 spiro atoms. The van der Waals surface area contributed by atoms with E-state index in [-0.39, 0.29) is 24.6 Å². The summed E-state index contributed by atoms with van der Waals surface area (Å²) in [6.45, 7) is 6.57. The molecule has 1 aliphatic heterocycles. The number of carbonyl (C=O) groups is 2. The zero-order chi connectivity index (χ0) is 16.2. The highest BCUT2D eigenvalue weighted by Gasteiger charge is 2.28. The SMILES string of the molecule is CC(C)(C)OC(=O)N1CCC[C@H](OCC(=O)c2ccco2)C1. The van der Waals surface area contributed by atoms with Crippen molar-refractivity contribution in [2.24, 2.45) is 0 Å². The number of likely N-dealkylation sites (tertiary alicyclic amines) is 1. The Morgan fingerprint density at radius 1 is 1.41 bits per heavy atom. The molecule has 0 aliphatic carbocycles. The van der Waals surface area contributed by atoms with Crippen LogP contribution in [0.4, 0.5) is 4.79 Å². The molecule has 1 fully saturated rings. The molecule has 1 aromatic heterocycles. The van der Waals surface area contributed by atoms with E-state index < -0.39 is 5.60 Å². The number of Topliss-reactive ketones (excluding diaryl/α,β-unsaturated/α-hetero) is 1. The zero-order valence-electron chi connectivity index (χ0n) is 13.3. The summed E-state index contributed by atoms with van der Waals surface area (Å²) >= 11 is 0. The van der Waals surface area contributed by atoms with Gasteiger partial charge in [0.1, 0.15) is 12.2 Å². The molecule has 0 aromatic carbocycles. The van der Waals surface area contributed by atoms with Crippen molar-refractivity contribution in [2.75, 3.05) is 19.7 Å². The molecule has 0 bridgehead atoms. The van der Waals surface area contributed by atoms with Crippen molar-refractivity contribution in [3.63, 3.8) is 0 Å². The van der Waals surface area contributed by atoms with Gasteiger partial charge in [-0.2, -0.15) is 0 Å². The lowest BCUT2D eigenvalue weighted by Gasteiger charge is -2.33. The summed E-state index contributed by atoms with van der Waals surface area (Å²) in [4.78, 5) is 25.5. The Labute approximate surface area is 130 Å². The third-order valence-corrected chi connectivity index (χ3v) is 3.28. The normalized spacial score (nSPS) is 19.0. The van der Waals surface area contributed by atoms with E-state index in [2.05, 4.69) is 0 Å². The second-order valence-corrected chi connectivity index (χ2v) is 6.40. The van der Waals surface area contributed by atoms with Gasteiger partial charge in [-0.15, -0.1) is 0 Å². The van der Waals surface area contributed by atoms with Crippen LogP contribution in [0.5, 0.6) is 0 Å². The third kappa shape index (κ3) is 4.87. The minimum Gasteiger partial charge on any atom is -0.461 e. The Morgan fingerprint density at radius 3 is 2.82 bits per heavy atom. The van der Waals surface area contributed by atoms with Crippen LogP contribution < -0.4 is 0 Å². The fourth-order valence-electron chi connectivity index (χ4n) is 2.27. The van der Waals surface area contributed by atoms with Gasteiger partial charge >= 0.3 is 6.09 Å². The van der Waals surface area contributed by atoms with Crippen molar-refractivity contribution in [3.8, 4) is 0 Å². The van der Waals surface area contributed by atoms with E-state index in [0.29, 0.717) is 18.8 Å². The van der Waals surface area contributed by atoms with Gasteiger partial charge < -0.3 is 18.8 Å². The second kappa shape index (κ2) is 6.96. The largest absolute Gasteiger partial charge is 0.461 e. The van der Waals surface area contributed by atoms with Gasteiger partial charge in [0, 0.05) is 6.54 Å². The van der Waals surface area contributed by atoms with Crippen LogP contribution in [0.25, 0.3) is 0 Å². The first-order chi connectivity index (χ1) is 10.3. The second-order valence-electron chi connectivity index (χ2n) is 6.40. The van der Waals surface area contributed by atoms with E-state index in [4.69, 9.17) is 13.9 Å². The number of furan rings is 1. The van der Waals surface area contributed by atoms with Crippen molar-refractivity contribution in [1.82, 2.24) is 4.90 Å². The number of ketones is 1. The summed E-state index contributed by atoms with van der Waals surface area (Å²) < 4.78 is 16.0. The molecule has 0 unspecified atom stereocenters. The van der Waals surface area contributed by atoms with E-state index in [1.54, 1.807) is 17.0 Å². The molecule has 0 N–H and O–H groups in total. The van der Waals surface area contributed by atoms with Crippen LogP contribution in [0.15, 0.2) is 22.8 Å². The van der Waals surface area contributed by atoms with Crippen LogP contribution in [0.3, 0.4) is 0 Å². The average molecular weight is 309 g/mol. The first-order valence-electron chi connectivity index (χ1n) is 7.51. The topological polar surface area (TPSA) is 69.0 Å². The molecule has 1 aromatic rings. The molecule has 0 saturated carbocycles. The number of hydrogen-bond donors (Lipinski definition) is 0. The average Bonchev–Trinajstić information content (AvgIpc) is 2.97. The van der Waals surface area contributed by atoms with Crippen molar-refractivity contribution >= 4 is 11.9 Å². The summed E-state index contributed by atoms with van der Waals surface area (Å²) in [6.07, 6.45) is 2.63. The third-order valence-electron chi connectivity index (χ3n) is 3.28. The van der Waals surface area contributed by atoms with Gasteiger partial charge in [0.25, 0.3) is 0 Å². The first kappa shape index (κ1) is 16.5. The van der Waals surface area contributed by atoms with Gasteiger partial charge in [-0.3, -0.25) is 4.79 Å². The number of piperidine rings is 1. The van der Waals surface area contributed by atoms with Crippen LogP contribution in [-0.2, 0) is 9.47 Å². The summed E-state index contributed by atoms with van der Waals surface area (Å²) in [5.41, 5.74) is -0.514. The van der Waals surface area contributed by atoms with E-state index in [9.17, 15) is 9.59 Å². The number of ether oxygens (including phenoxy) is 2. The molecule has 1 aliphatic rings. The quantitative estimate of drug-likeness (QED) is 0.800. The highest BCUT2D eigenvalue weighted by atomic mass is 16.6. The van der Waals surface area contributed by atoms with Crippen LogP contribution in [0.2, 0.25) is 0 Å². The summed E-state index contributed by atoms with van der Waals surface area (Å²) in [6, 6.07) is 3.28. The van der Waals surface area contributed by atoms with E-state index in [1.807, 2.05) is 20.8 Å². The fraction of sp³-hybridized carbons (Fsp3) is 0.625. The number of nitrogens with zero attached hydrogens (tertiary/aromatic N) is 1. The Bertz CT molecular complexity index is 503. The molecule has 122 valence electrons. The highest BCUT2D eigenvalue weighted by molar-refractivity contribution is 5.94. The fourth-order valence-corrected chi connectivity index (χ4v) is 2.27. The Morgan fingerprint density at radius 2 is 2.18 bits per heavy atom. The van der Waals surface area contributed by atoms with E-state index in [0.717, 1.165) is 12.8 Å². The summed E-state index contributed by atoms with van der Waals surface area (Å²) in [5, 5.41) is 0. The molecular formula is C16H23NO5. The molecule has 0 radical (unpaired) electrons. The monoisotopic (exact) mass is 309 g/mol. The minimum atomic E-state index is -0.514. The molecular weight excluding hydrogens is 286 g/mol. The van der Waals surface area contributed by atoms with Crippen molar-refractivity contribution in [2.45, 2.75) is 45.3 Å². The number of carbonyl (C=O) groups excluding carboxylic acids is 2. The number of amides is 1. The van der Waals surface area contributed by atoms with Crippen molar-refractivity contribution in [3.05, 3.63) is 24.2 Å². The molecule has 6 nitrogen and oxygen atoms in total. The van der Waals surface area contributed by atoms with Crippen LogP contribution in [-0.4, -0.2) is 48.2 Å². The van der Waals surface area contributed by atoms with Crippen molar-refractivity contribution < 1.29 is 23.5 Å². The Balaban J connectivity index is 1.80. The minimum absolute atomic E-state index is 0.0413. The summed E-state index contributed by atoms with van der Waals surface area (Å²) in [5.74, 6) is 0.0965. The van der Waals surface area contributed by atoms with Gasteiger partial charge in [-0.25, -0.2) is 4.79 Å². The zero-order valence-corrected chi connectivity index (χ0v) is 13.3. The molecule has 1 amide bonds. The Kier molecular flexibility index (Phi) is 5.24. The van der Waals surface area contributed by atoms with Gasteiger partial charge in [-0.05, 0) is 45.7 Å². The first-order valence-corrected chi connectivity index (χ1v) is 7.51. The smallest absolute Gasteiger partial charge is 0.410 e. The summed E-state index contributed by atoms with van der Waals surface area (Å²) in [7, 11) is 0. The molecule has 6 heteroatoms. The van der Waals surface area contributed by atoms with E-state index in [1.165, 1.54) is 6.26 Å². The molecule has 1 atom stereocenters. The Hall–Kier alpha value is -1.82. The molecule has 2 rings (SSSR count). The van der Waals surface area contributed by atoms with Crippen LogP contribution in [0, 0.1) is 0 Å². The molecule has 1 saturated heterocycles. The van der Waals surface area contributed by atoms with Crippen LogP contribution >= 0.6 is 0 Å². The maximum atomic E-state index is 12.1. The molecule has 22 heavy (non-hydrogen) atoms. The maximum Gasteiger partial charge on any atom is 0.410 e. The predicted molar refractivity (Wildman–Crippen MR) is 79.8 cm³/mol. The van der Waals surface area contributed by atoms with Crippen molar-refractivity contribution in [1.29, 1.82) is 0 Å². The van der Waals surface area contributed by atoms with Gasteiger partial charge in [0.05, 0.1) is 18.9 Å². The lowest BCUT2D eigenvalue weighted by molar-refractivity contribution is -0.0166. The van der Waals surface area contributed by atoms with Gasteiger partial charge in [-0.1, -0.05) is 0 Å². The highest BCUT2D eigenvalue weighted by Crippen LogP contribution is 2.17. The lowest BCUT2D eigenvalue weighted by Crippen LogP contribution is -2.45. The molecule has 2 heterocycles. The van der Waals surface area contributed by atoms with Gasteiger partial charge in [0.15, 0.2) is 5.76 Å². The van der Waals surface area contributed by atoms with Crippen LogP contribution in [0.1, 0.15) is 44.2 Å². The van der Waals surface area contributed by atoms with Gasteiger partial charge in [0.2, 0.25) is 5.78 Å². The lowest BCUT2D eigenvalue weighted by atomic mass is 10.1. The number of hydrogen-bond acceptors (Lipinski definition) is 5. The number of rotatable bonds is 4.